The Morgan fingerprint density at radius 1 is 0.870 bits per heavy atom. The fraction of sp³-hybridized carbons (Fsp3) is 0.250. The zero-order valence-electron chi connectivity index (χ0n) is 25.6. The van der Waals surface area contributed by atoms with Crippen molar-refractivity contribution in [2.45, 2.75) is 57.3 Å². The van der Waals surface area contributed by atoms with E-state index < -0.39 is 10.0 Å². The lowest BCUT2D eigenvalue weighted by Gasteiger charge is -2.24. The number of ether oxygens (including phenoxy) is 1. The monoisotopic (exact) mass is 655 g/mol. The number of aryl methyl sites for hydroxylation is 1. The average Bonchev–Trinajstić information content (AvgIpc) is 3.04. The largest absolute Gasteiger partial charge is 0.507 e. The van der Waals surface area contributed by atoms with Crippen LogP contribution in [0, 0.1) is 6.92 Å². The summed E-state index contributed by atoms with van der Waals surface area (Å²) in [6, 6.07) is 19.7. The molecule has 0 saturated carbocycles. The molecule has 1 aromatic heterocycles. The molecule has 46 heavy (non-hydrogen) atoms. The highest BCUT2D eigenvalue weighted by Crippen LogP contribution is 2.46. The van der Waals surface area contributed by atoms with Crippen LogP contribution in [0.4, 0.5) is 5.69 Å². The van der Waals surface area contributed by atoms with Crippen LogP contribution >= 0.6 is 11.6 Å². The van der Waals surface area contributed by atoms with Crippen LogP contribution in [0.5, 0.6) is 11.5 Å². The third-order valence-corrected chi connectivity index (χ3v) is 9.74. The van der Waals surface area contributed by atoms with Crippen LogP contribution < -0.4 is 9.46 Å². The molecule has 0 fully saturated rings. The van der Waals surface area contributed by atoms with E-state index in [1.165, 1.54) is 30.7 Å². The summed E-state index contributed by atoms with van der Waals surface area (Å²) in [5, 5.41) is 11.5. The molecule has 0 amide bonds. The lowest BCUT2D eigenvalue weighted by atomic mass is 9.85. The van der Waals surface area contributed by atoms with Crippen molar-refractivity contribution in [2.24, 2.45) is 0 Å². The molecule has 0 radical (unpaired) electrons. The van der Waals surface area contributed by atoms with Gasteiger partial charge in [0.1, 0.15) is 17.0 Å². The van der Waals surface area contributed by atoms with Gasteiger partial charge < -0.3 is 9.84 Å². The smallest absolute Gasteiger partial charge is 0.261 e. The number of anilines is 1. The molecule has 10 heteroatoms. The van der Waals surface area contributed by atoms with E-state index in [-0.39, 0.29) is 33.5 Å². The topological polar surface area (TPSA) is 118 Å². The van der Waals surface area contributed by atoms with Gasteiger partial charge in [-0.2, -0.15) is 0 Å². The highest BCUT2D eigenvalue weighted by Gasteiger charge is 2.33. The minimum atomic E-state index is -4.08. The summed E-state index contributed by atoms with van der Waals surface area (Å²) in [4.78, 5) is 23.9. The number of halogens is 1. The third kappa shape index (κ3) is 6.17. The highest BCUT2D eigenvalue weighted by atomic mass is 35.5. The number of benzene rings is 4. The molecular formula is C36H34ClN3O5S. The summed E-state index contributed by atoms with van der Waals surface area (Å²) in [5.74, 6) is 0.0648. The Hall–Kier alpha value is -4.47. The quantitative estimate of drug-likeness (QED) is 0.127. The maximum absolute atomic E-state index is 14.1. The fourth-order valence-electron chi connectivity index (χ4n) is 5.72. The molecule has 0 saturated heterocycles. The number of hydrogen-bond donors (Lipinski definition) is 2. The van der Waals surface area contributed by atoms with Gasteiger partial charge in [0.15, 0.2) is 11.6 Å². The van der Waals surface area contributed by atoms with Crippen molar-refractivity contribution in [3.8, 4) is 34.1 Å². The maximum Gasteiger partial charge on any atom is 0.261 e. The van der Waals surface area contributed by atoms with Crippen LogP contribution in [0.25, 0.3) is 33.5 Å². The second kappa shape index (κ2) is 13.1. The molecule has 5 aromatic rings. The number of phenolic OH excluding ortho intramolecular Hbond substituents is 1. The van der Waals surface area contributed by atoms with Gasteiger partial charge in [-0.25, -0.2) is 18.4 Å². The summed E-state index contributed by atoms with van der Waals surface area (Å²) in [6.45, 7) is 4.42. The van der Waals surface area contributed by atoms with Crippen molar-refractivity contribution in [1.82, 2.24) is 9.97 Å². The second-order valence-electron chi connectivity index (χ2n) is 11.5. The van der Waals surface area contributed by atoms with Gasteiger partial charge in [-0.05, 0) is 43.7 Å². The second-order valence-corrected chi connectivity index (χ2v) is 13.6. The maximum atomic E-state index is 14.1. The zero-order chi connectivity index (χ0) is 32.4. The number of carbonyl (C=O) groups is 1. The summed E-state index contributed by atoms with van der Waals surface area (Å²) in [6.07, 6.45) is 6.36. The van der Waals surface area contributed by atoms with Crippen LogP contribution in [0.1, 0.15) is 66.9 Å². The first-order valence-corrected chi connectivity index (χ1v) is 17.3. The average molecular weight is 656 g/mol. The van der Waals surface area contributed by atoms with E-state index in [0.29, 0.717) is 50.7 Å². The van der Waals surface area contributed by atoms with E-state index in [4.69, 9.17) is 26.3 Å². The van der Waals surface area contributed by atoms with Crippen molar-refractivity contribution < 1.29 is 23.1 Å². The number of nitrogens with zero attached hydrogens (tertiary/aromatic N) is 2. The van der Waals surface area contributed by atoms with Crippen LogP contribution in [0.3, 0.4) is 0 Å². The lowest BCUT2D eigenvalue weighted by molar-refractivity contribution is 0.104. The Morgan fingerprint density at radius 2 is 1.59 bits per heavy atom. The Kier molecular flexibility index (Phi) is 8.97. The first kappa shape index (κ1) is 31.5. The number of phenols is 1. The lowest BCUT2D eigenvalue weighted by Crippen LogP contribution is -2.19. The molecule has 2 N–H and O–H groups in total. The molecule has 0 bridgehead atoms. The first-order chi connectivity index (χ1) is 22.2. The number of nitrogens with one attached hydrogen (secondary N) is 1. The van der Waals surface area contributed by atoms with Crippen molar-refractivity contribution in [1.29, 1.82) is 0 Å². The van der Waals surface area contributed by atoms with Crippen molar-refractivity contribution in [3.63, 3.8) is 0 Å². The summed E-state index contributed by atoms with van der Waals surface area (Å²) in [5.41, 5.74) is 3.13. The number of sulfonamides is 1. The third-order valence-electron chi connectivity index (χ3n) is 8.12. The van der Waals surface area contributed by atoms with Crippen LogP contribution in [0.2, 0.25) is 5.02 Å². The Morgan fingerprint density at radius 3 is 2.35 bits per heavy atom. The zero-order valence-corrected chi connectivity index (χ0v) is 27.2. The van der Waals surface area contributed by atoms with E-state index in [0.717, 1.165) is 37.7 Å². The molecule has 6 rings (SSSR count). The van der Waals surface area contributed by atoms with Gasteiger partial charge in [-0.1, -0.05) is 92.6 Å². The number of rotatable bonds is 12. The molecule has 0 unspecified atom stereocenters. The molecule has 1 aliphatic rings. The minimum absolute atomic E-state index is 0.0617. The molecule has 0 atom stereocenters. The van der Waals surface area contributed by atoms with Gasteiger partial charge in [0.2, 0.25) is 0 Å². The number of hydrogen-bond acceptors (Lipinski definition) is 7. The molecule has 8 nitrogen and oxygen atoms in total. The Balaban J connectivity index is 1.55. The Labute approximate surface area is 273 Å². The van der Waals surface area contributed by atoms with Gasteiger partial charge >= 0.3 is 0 Å². The van der Waals surface area contributed by atoms with Gasteiger partial charge in [0.05, 0.1) is 34.0 Å². The van der Waals surface area contributed by atoms with Gasteiger partial charge in [-0.3, -0.25) is 9.52 Å². The molecule has 4 aromatic carbocycles. The van der Waals surface area contributed by atoms with Crippen LogP contribution in [-0.4, -0.2) is 35.9 Å². The van der Waals surface area contributed by atoms with Gasteiger partial charge in [0.25, 0.3) is 10.0 Å². The Bertz CT molecular complexity index is 2060. The predicted molar refractivity (Wildman–Crippen MR) is 181 cm³/mol. The molecular weight excluding hydrogens is 622 g/mol. The first-order valence-electron chi connectivity index (χ1n) is 15.4. The van der Waals surface area contributed by atoms with Crippen molar-refractivity contribution in [3.05, 3.63) is 94.5 Å². The van der Waals surface area contributed by atoms with Crippen LogP contribution in [-0.2, 0) is 10.0 Å². The van der Waals surface area contributed by atoms with E-state index in [2.05, 4.69) is 11.6 Å². The fourth-order valence-corrected chi connectivity index (χ4v) is 6.95. The van der Waals surface area contributed by atoms with Gasteiger partial charge in [0, 0.05) is 27.6 Å². The van der Waals surface area contributed by atoms with E-state index in [1.807, 2.05) is 13.0 Å². The van der Waals surface area contributed by atoms with E-state index in [1.54, 1.807) is 42.5 Å². The number of carbonyl (C=O) groups excluding carboxylic acids is 1. The highest BCUT2D eigenvalue weighted by molar-refractivity contribution is 7.92. The van der Waals surface area contributed by atoms with Crippen molar-refractivity contribution in [2.75, 3.05) is 11.3 Å². The normalized spacial score (nSPS) is 12.3. The van der Waals surface area contributed by atoms with Gasteiger partial charge in [-0.15, -0.1) is 0 Å². The molecule has 0 aliphatic heterocycles. The minimum Gasteiger partial charge on any atom is -0.507 e. The summed E-state index contributed by atoms with van der Waals surface area (Å²) >= 11 is 6.30. The number of fused-ring (bicyclic) bond motifs is 2. The predicted octanol–water partition coefficient (Wildman–Crippen LogP) is 8.72. The van der Waals surface area contributed by atoms with Crippen molar-refractivity contribution >= 4 is 44.0 Å². The summed E-state index contributed by atoms with van der Waals surface area (Å²) in [7, 11) is -4.08. The standard InChI is InChI=1S/C36H34ClN3O5S/c1-3-4-5-6-7-10-19-45-30-21-28(40-46(43,44)24-16-13-22(2)14-17-24)31-32-33(25-11-8-9-12-26(25)35(31)42)38-36(39-34(30)32)27-20-23(37)15-18-29(27)41/h8-9,11-18,20-21,40-41H,3-7,10,19H2,1-2H3. The van der Waals surface area contributed by atoms with Crippen LogP contribution in [0.15, 0.2) is 77.7 Å². The number of unbranched alkanes of at least 4 members (excludes halogenated alkanes) is 5. The number of aromatic nitrogens is 2. The number of aromatic hydroxyl groups is 1. The molecule has 236 valence electrons. The summed E-state index contributed by atoms with van der Waals surface area (Å²) < 4.78 is 36.3. The number of ketones is 1. The molecule has 1 heterocycles. The van der Waals surface area contributed by atoms with E-state index >= 15 is 0 Å². The molecule has 1 aliphatic carbocycles. The molecule has 0 spiro atoms. The SMILES string of the molecule is CCCCCCCCOc1cc(NS(=O)(=O)c2ccc(C)cc2)c2c3c(nc(-c4cc(Cl)ccc4O)nc13)-c1ccccc1C2=O. The van der Waals surface area contributed by atoms with E-state index in [9.17, 15) is 18.3 Å².